The standard InChI is InChI=1S/C19H24N2/c1-19(14-20)11-12-21(15-19)13-16-7-9-18(10-8-16)17-5-3-2-4-6-17/h2-10H,11-15,20H2,1H3. The van der Waals surface area contributed by atoms with Crippen molar-refractivity contribution in [1.29, 1.82) is 0 Å². The maximum atomic E-state index is 5.88. The van der Waals surface area contributed by atoms with Crippen LogP contribution in [0.25, 0.3) is 11.1 Å². The average molecular weight is 280 g/mol. The lowest BCUT2D eigenvalue weighted by Crippen LogP contribution is -2.31. The Balaban J connectivity index is 1.66. The average Bonchev–Trinajstić information content (AvgIpc) is 2.91. The van der Waals surface area contributed by atoms with E-state index in [0.29, 0.717) is 5.41 Å². The quantitative estimate of drug-likeness (QED) is 0.928. The second kappa shape index (κ2) is 6.00. The van der Waals surface area contributed by atoms with Gasteiger partial charge in [0.25, 0.3) is 0 Å². The maximum absolute atomic E-state index is 5.88. The van der Waals surface area contributed by atoms with Crippen LogP contribution in [-0.2, 0) is 6.54 Å². The van der Waals surface area contributed by atoms with E-state index in [9.17, 15) is 0 Å². The topological polar surface area (TPSA) is 29.3 Å². The molecule has 1 fully saturated rings. The van der Waals surface area contributed by atoms with E-state index in [1.54, 1.807) is 0 Å². The molecule has 0 radical (unpaired) electrons. The van der Waals surface area contributed by atoms with Crippen LogP contribution in [-0.4, -0.2) is 24.5 Å². The Morgan fingerprint density at radius 1 is 1.00 bits per heavy atom. The summed E-state index contributed by atoms with van der Waals surface area (Å²) in [7, 11) is 0. The molecule has 2 aromatic carbocycles. The maximum Gasteiger partial charge on any atom is 0.0233 e. The minimum atomic E-state index is 0.310. The fourth-order valence-corrected chi connectivity index (χ4v) is 3.12. The van der Waals surface area contributed by atoms with Crippen molar-refractivity contribution in [3.05, 3.63) is 60.2 Å². The number of benzene rings is 2. The smallest absolute Gasteiger partial charge is 0.0233 e. The van der Waals surface area contributed by atoms with Crippen molar-refractivity contribution < 1.29 is 0 Å². The first-order valence-corrected chi connectivity index (χ1v) is 7.75. The van der Waals surface area contributed by atoms with Crippen molar-refractivity contribution in [3.63, 3.8) is 0 Å². The molecule has 2 nitrogen and oxygen atoms in total. The number of nitrogens with two attached hydrogens (primary N) is 1. The Kier molecular flexibility index (Phi) is 4.09. The first-order valence-electron chi connectivity index (χ1n) is 7.75. The summed E-state index contributed by atoms with van der Waals surface area (Å²) in [4.78, 5) is 2.52. The lowest BCUT2D eigenvalue weighted by atomic mass is 9.90. The molecule has 1 aliphatic rings. The first-order chi connectivity index (χ1) is 10.2. The Morgan fingerprint density at radius 2 is 1.67 bits per heavy atom. The molecule has 2 heteroatoms. The zero-order valence-corrected chi connectivity index (χ0v) is 12.8. The third kappa shape index (κ3) is 3.34. The molecule has 1 aliphatic heterocycles. The van der Waals surface area contributed by atoms with Crippen LogP contribution in [0, 0.1) is 5.41 Å². The van der Waals surface area contributed by atoms with E-state index in [-0.39, 0.29) is 0 Å². The Bertz CT molecular complexity index is 576. The van der Waals surface area contributed by atoms with Crippen molar-refractivity contribution in [2.24, 2.45) is 11.1 Å². The van der Waals surface area contributed by atoms with Gasteiger partial charge < -0.3 is 5.73 Å². The first kappa shape index (κ1) is 14.3. The third-order valence-electron chi connectivity index (χ3n) is 4.60. The summed E-state index contributed by atoms with van der Waals surface area (Å²) in [5.41, 5.74) is 10.1. The largest absolute Gasteiger partial charge is 0.330 e. The van der Waals surface area contributed by atoms with Crippen LogP contribution in [0.3, 0.4) is 0 Å². The van der Waals surface area contributed by atoms with Crippen LogP contribution in [0.15, 0.2) is 54.6 Å². The zero-order valence-electron chi connectivity index (χ0n) is 12.8. The van der Waals surface area contributed by atoms with Gasteiger partial charge in [0.1, 0.15) is 0 Å². The molecule has 2 N–H and O–H groups in total. The van der Waals surface area contributed by atoms with Gasteiger partial charge in [-0.15, -0.1) is 0 Å². The van der Waals surface area contributed by atoms with E-state index >= 15 is 0 Å². The van der Waals surface area contributed by atoms with Crippen molar-refractivity contribution >= 4 is 0 Å². The van der Waals surface area contributed by atoms with Crippen LogP contribution in [0.1, 0.15) is 18.9 Å². The van der Waals surface area contributed by atoms with E-state index in [2.05, 4.69) is 66.4 Å². The minimum absolute atomic E-state index is 0.310. The van der Waals surface area contributed by atoms with Crippen molar-refractivity contribution in [3.8, 4) is 11.1 Å². The fourth-order valence-electron chi connectivity index (χ4n) is 3.12. The van der Waals surface area contributed by atoms with E-state index in [1.807, 2.05) is 0 Å². The molecule has 0 spiro atoms. The number of hydrogen-bond donors (Lipinski definition) is 1. The molecule has 1 heterocycles. The van der Waals surface area contributed by atoms with Gasteiger partial charge in [-0.05, 0) is 41.6 Å². The molecule has 1 atom stereocenters. The highest BCUT2D eigenvalue weighted by atomic mass is 15.2. The second-order valence-electron chi connectivity index (χ2n) is 6.54. The molecule has 0 amide bonds. The molecule has 21 heavy (non-hydrogen) atoms. The van der Waals surface area contributed by atoms with E-state index in [4.69, 9.17) is 5.73 Å². The summed E-state index contributed by atoms with van der Waals surface area (Å²) >= 11 is 0. The molecule has 3 rings (SSSR count). The van der Waals surface area contributed by atoms with E-state index in [0.717, 1.165) is 26.2 Å². The predicted molar refractivity (Wildman–Crippen MR) is 88.9 cm³/mol. The molecule has 1 saturated heterocycles. The summed E-state index contributed by atoms with van der Waals surface area (Å²) in [6.07, 6.45) is 1.21. The van der Waals surface area contributed by atoms with Gasteiger partial charge in [0.15, 0.2) is 0 Å². The minimum Gasteiger partial charge on any atom is -0.330 e. The summed E-state index contributed by atoms with van der Waals surface area (Å²) in [5, 5.41) is 0. The third-order valence-corrected chi connectivity index (χ3v) is 4.60. The monoisotopic (exact) mass is 280 g/mol. The van der Waals surface area contributed by atoms with E-state index < -0.39 is 0 Å². The predicted octanol–water partition coefficient (Wildman–Crippen LogP) is 3.52. The highest BCUT2D eigenvalue weighted by Crippen LogP contribution is 2.29. The highest BCUT2D eigenvalue weighted by molar-refractivity contribution is 5.63. The Labute approximate surface area is 127 Å². The molecular formula is C19H24N2. The van der Waals surface area contributed by atoms with Gasteiger partial charge in [0.05, 0.1) is 0 Å². The SMILES string of the molecule is CC1(CN)CCN(Cc2ccc(-c3ccccc3)cc2)C1. The molecule has 0 aromatic heterocycles. The van der Waals surface area contributed by atoms with Gasteiger partial charge in [0, 0.05) is 13.1 Å². The molecule has 1 unspecified atom stereocenters. The van der Waals surface area contributed by atoms with Gasteiger partial charge in [-0.25, -0.2) is 0 Å². The van der Waals surface area contributed by atoms with Gasteiger partial charge in [-0.2, -0.15) is 0 Å². The van der Waals surface area contributed by atoms with Gasteiger partial charge in [-0.3, -0.25) is 4.90 Å². The number of hydrogen-bond acceptors (Lipinski definition) is 2. The molecule has 110 valence electrons. The fraction of sp³-hybridized carbons (Fsp3) is 0.368. The Morgan fingerprint density at radius 3 is 2.29 bits per heavy atom. The van der Waals surface area contributed by atoms with Gasteiger partial charge >= 0.3 is 0 Å². The second-order valence-corrected chi connectivity index (χ2v) is 6.54. The lowest BCUT2D eigenvalue weighted by Gasteiger charge is -2.22. The normalized spacial score (nSPS) is 22.6. The van der Waals surface area contributed by atoms with Crippen LogP contribution < -0.4 is 5.73 Å². The summed E-state index contributed by atoms with van der Waals surface area (Å²) in [6.45, 7) is 6.39. The summed E-state index contributed by atoms with van der Waals surface area (Å²) in [5.74, 6) is 0. The van der Waals surface area contributed by atoms with Crippen LogP contribution in [0.4, 0.5) is 0 Å². The number of nitrogens with zero attached hydrogens (tertiary/aromatic N) is 1. The summed E-state index contributed by atoms with van der Waals surface area (Å²) in [6, 6.07) is 19.5. The molecule has 2 aromatic rings. The molecular weight excluding hydrogens is 256 g/mol. The van der Waals surface area contributed by atoms with Crippen LogP contribution in [0.2, 0.25) is 0 Å². The summed E-state index contributed by atoms with van der Waals surface area (Å²) < 4.78 is 0. The van der Waals surface area contributed by atoms with Crippen LogP contribution >= 0.6 is 0 Å². The number of rotatable bonds is 4. The van der Waals surface area contributed by atoms with Crippen molar-refractivity contribution in [2.45, 2.75) is 19.9 Å². The Hall–Kier alpha value is -1.64. The van der Waals surface area contributed by atoms with Gasteiger partial charge in [0.2, 0.25) is 0 Å². The zero-order chi connectivity index (χ0) is 14.7. The molecule has 0 bridgehead atoms. The van der Waals surface area contributed by atoms with Gasteiger partial charge in [-0.1, -0.05) is 61.5 Å². The van der Waals surface area contributed by atoms with E-state index in [1.165, 1.54) is 23.1 Å². The lowest BCUT2D eigenvalue weighted by molar-refractivity contribution is 0.274. The van der Waals surface area contributed by atoms with Crippen LogP contribution in [0.5, 0.6) is 0 Å². The molecule has 0 saturated carbocycles. The number of likely N-dealkylation sites (tertiary alicyclic amines) is 1. The highest BCUT2D eigenvalue weighted by Gasteiger charge is 2.32. The van der Waals surface area contributed by atoms with Crippen molar-refractivity contribution in [2.75, 3.05) is 19.6 Å². The molecule has 0 aliphatic carbocycles. The van der Waals surface area contributed by atoms with Crippen molar-refractivity contribution in [1.82, 2.24) is 4.90 Å².